The van der Waals surface area contributed by atoms with E-state index in [1.807, 2.05) is 0 Å². The highest BCUT2D eigenvalue weighted by Gasteiger charge is 1.97. The molecule has 2 rings (SSSR count). The van der Waals surface area contributed by atoms with Crippen molar-refractivity contribution in [3.05, 3.63) is 65.7 Å². The van der Waals surface area contributed by atoms with Crippen LogP contribution in [0, 0.1) is 0 Å². The first-order valence-corrected chi connectivity index (χ1v) is 5.31. The zero-order valence-electron chi connectivity index (χ0n) is 7.98. The molecule has 0 fully saturated rings. The molecule has 0 N–H and O–H groups in total. The molecule has 0 heterocycles. The third-order valence-corrected chi connectivity index (χ3v) is 2.86. The highest BCUT2D eigenvalue weighted by Crippen LogP contribution is 2.08. The van der Waals surface area contributed by atoms with Gasteiger partial charge in [0.05, 0.1) is 0 Å². The zero-order valence-corrected chi connectivity index (χ0v) is 9.14. The summed E-state index contributed by atoms with van der Waals surface area (Å²) in [6.07, 6.45) is 1.01. The van der Waals surface area contributed by atoms with Gasteiger partial charge in [0.2, 0.25) is 0 Å². The summed E-state index contributed by atoms with van der Waals surface area (Å²) in [7, 11) is 2.78. The van der Waals surface area contributed by atoms with E-state index < -0.39 is 0 Å². The predicted molar refractivity (Wildman–Crippen MR) is 65.0 cm³/mol. The quantitative estimate of drug-likeness (QED) is 0.654. The smallest absolute Gasteiger partial charge is 0.00196 e. The molecule has 1 atom stereocenters. The molecule has 0 radical (unpaired) electrons. The molecule has 0 nitrogen and oxygen atoms in total. The number of rotatable bonds is 2. The molecule has 1 unspecified atom stereocenters. The minimum Gasteiger partial charge on any atom is -0.105 e. The van der Waals surface area contributed by atoms with Crippen molar-refractivity contribution in [2.45, 2.75) is 6.42 Å². The maximum atomic E-state index is 2.78. The molecule has 0 aromatic heterocycles. The van der Waals surface area contributed by atoms with Crippen molar-refractivity contribution >= 4 is 14.5 Å². The van der Waals surface area contributed by atoms with E-state index >= 15 is 0 Å². The van der Waals surface area contributed by atoms with Crippen molar-refractivity contribution in [1.82, 2.24) is 0 Å². The van der Waals surface area contributed by atoms with Crippen molar-refractivity contribution in [1.29, 1.82) is 0 Å². The van der Waals surface area contributed by atoms with Gasteiger partial charge in [-0.2, -0.15) is 0 Å². The number of benzene rings is 2. The normalized spacial score (nSPS) is 10.1. The summed E-state index contributed by atoms with van der Waals surface area (Å²) < 4.78 is 0. The van der Waals surface area contributed by atoms with Gasteiger partial charge in [-0.1, -0.05) is 54.6 Å². The first-order chi connectivity index (χ1) is 6.86. The van der Waals surface area contributed by atoms with Gasteiger partial charge in [-0.05, 0) is 22.9 Å². The van der Waals surface area contributed by atoms with Gasteiger partial charge in [-0.25, -0.2) is 0 Å². The fourth-order valence-electron chi connectivity index (χ4n) is 1.51. The largest absolute Gasteiger partial charge is 0.105 e. The van der Waals surface area contributed by atoms with Crippen LogP contribution in [-0.2, 0) is 6.42 Å². The van der Waals surface area contributed by atoms with Crippen molar-refractivity contribution in [3.63, 3.8) is 0 Å². The lowest BCUT2D eigenvalue weighted by atomic mass is 10.1. The fraction of sp³-hybridized carbons (Fsp3) is 0.0769. The monoisotopic (exact) mass is 200 g/mol. The Morgan fingerprint density at radius 2 is 1.43 bits per heavy atom. The molecule has 2 aromatic carbocycles. The minimum atomic E-state index is 1.01. The SMILES string of the molecule is Pc1ccccc1Cc1ccccc1. The first-order valence-electron chi connectivity index (χ1n) is 4.73. The molecule has 0 amide bonds. The third-order valence-electron chi connectivity index (χ3n) is 2.29. The van der Waals surface area contributed by atoms with Crippen LogP contribution < -0.4 is 5.30 Å². The Bertz CT molecular complexity index is 407. The molecule has 14 heavy (non-hydrogen) atoms. The molecular formula is C13H13P. The first kappa shape index (κ1) is 9.43. The van der Waals surface area contributed by atoms with Gasteiger partial charge in [0.1, 0.15) is 0 Å². The van der Waals surface area contributed by atoms with Gasteiger partial charge in [0.25, 0.3) is 0 Å². The van der Waals surface area contributed by atoms with Crippen LogP contribution in [0.3, 0.4) is 0 Å². The second-order valence-corrected chi connectivity index (χ2v) is 3.98. The summed E-state index contributed by atoms with van der Waals surface area (Å²) >= 11 is 0. The van der Waals surface area contributed by atoms with Crippen LogP contribution in [0.15, 0.2) is 54.6 Å². The van der Waals surface area contributed by atoms with Crippen LogP contribution in [0.2, 0.25) is 0 Å². The topological polar surface area (TPSA) is 0 Å². The summed E-state index contributed by atoms with van der Waals surface area (Å²) in [5, 5.41) is 1.29. The second kappa shape index (κ2) is 4.39. The van der Waals surface area contributed by atoms with Crippen LogP contribution in [0.1, 0.15) is 11.1 Å². The maximum Gasteiger partial charge on any atom is -0.00196 e. The van der Waals surface area contributed by atoms with Crippen LogP contribution in [0.5, 0.6) is 0 Å². The molecule has 0 aliphatic heterocycles. The van der Waals surface area contributed by atoms with Crippen molar-refractivity contribution in [2.75, 3.05) is 0 Å². The zero-order chi connectivity index (χ0) is 9.80. The average Bonchev–Trinajstić information content (AvgIpc) is 2.23. The Morgan fingerprint density at radius 1 is 0.786 bits per heavy atom. The van der Waals surface area contributed by atoms with Crippen LogP contribution in [0.4, 0.5) is 0 Å². The molecule has 70 valence electrons. The molecular weight excluding hydrogens is 187 g/mol. The molecule has 1 heteroatoms. The predicted octanol–water partition coefficient (Wildman–Crippen LogP) is 2.78. The van der Waals surface area contributed by atoms with Crippen molar-refractivity contribution in [2.24, 2.45) is 0 Å². The van der Waals surface area contributed by atoms with Gasteiger partial charge < -0.3 is 0 Å². The fourth-order valence-corrected chi connectivity index (χ4v) is 1.82. The van der Waals surface area contributed by atoms with Gasteiger partial charge in [-0.15, -0.1) is 9.24 Å². The standard InChI is InChI=1S/C13H13P/c14-13-9-5-4-8-12(13)10-11-6-2-1-3-7-11/h1-9H,10,14H2. The lowest BCUT2D eigenvalue weighted by molar-refractivity contribution is 1.21. The van der Waals surface area contributed by atoms with E-state index in [1.54, 1.807) is 0 Å². The molecule has 0 spiro atoms. The van der Waals surface area contributed by atoms with E-state index in [4.69, 9.17) is 0 Å². The van der Waals surface area contributed by atoms with Crippen LogP contribution in [-0.4, -0.2) is 0 Å². The lowest BCUT2D eigenvalue weighted by Crippen LogP contribution is -2.01. The van der Waals surface area contributed by atoms with Gasteiger partial charge in [0.15, 0.2) is 0 Å². The summed E-state index contributed by atoms with van der Waals surface area (Å²) in [4.78, 5) is 0. The Balaban J connectivity index is 2.24. The van der Waals surface area contributed by atoms with E-state index in [1.165, 1.54) is 16.4 Å². The second-order valence-electron chi connectivity index (χ2n) is 3.36. The molecule has 0 aliphatic carbocycles. The van der Waals surface area contributed by atoms with Crippen molar-refractivity contribution in [3.8, 4) is 0 Å². The van der Waals surface area contributed by atoms with E-state index in [0.29, 0.717) is 0 Å². The number of hydrogen-bond acceptors (Lipinski definition) is 0. The molecule has 0 saturated heterocycles. The Morgan fingerprint density at radius 3 is 2.14 bits per heavy atom. The summed E-state index contributed by atoms with van der Waals surface area (Å²) in [6, 6.07) is 19.0. The number of hydrogen-bond donors (Lipinski definition) is 0. The van der Waals surface area contributed by atoms with Gasteiger partial charge in [0, 0.05) is 0 Å². The molecule has 2 aromatic rings. The molecule has 0 saturated carbocycles. The van der Waals surface area contributed by atoms with Gasteiger partial charge >= 0.3 is 0 Å². The maximum absolute atomic E-state index is 2.78. The highest BCUT2D eigenvalue weighted by atomic mass is 31.0. The third kappa shape index (κ3) is 2.21. The van der Waals surface area contributed by atoms with Gasteiger partial charge in [-0.3, -0.25) is 0 Å². The summed E-state index contributed by atoms with van der Waals surface area (Å²) in [5.74, 6) is 0. The lowest BCUT2D eigenvalue weighted by Gasteiger charge is -2.04. The van der Waals surface area contributed by atoms with Crippen molar-refractivity contribution < 1.29 is 0 Å². The van der Waals surface area contributed by atoms with E-state index in [-0.39, 0.29) is 0 Å². The van der Waals surface area contributed by atoms with E-state index in [0.717, 1.165) is 6.42 Å². The minimum absolute atomic E-state index is 1.01. The average molecular weight is 200 g/mol. The Labute approximate surface area is 87.2 Å². The van der Waals surface area contributed by atoms with Crippen LogP contribution >= 0.6 is 9.24 Å². The summed E-state index contributed by atoms with van der Waals surface area (Å²) in [6.45, 7) is 0. The Kier molecular flexibility index (Phi) is 2.96. The summed E-state index contributed by atoms with van der Waals surface area (Å²) in [5.41, 5.74) is 2.74. The molecule has 0 bridgehead atoms. The Hall–Kier alpha value is -1.13. The highest BCUT2D eigenvalue weighted by molar-refractivity contribution is 7.27. The van der Waals surface area contributed by atoms with E-state index in [9.17, 15) is 0 Å². The van der Waals surface area contributed by atoms with E-state index in [2.05, 4.69) is 63.8 Å². The molecule has 0 aliphatic rings. The van der Waals surface area contributed by atoms with Crippen LogP contribution in [0.25, 0.3) is 0 Å².